The van der Waals surface area contributed by atoms with Crippen LogP contribution in [-0.2, 0) is 9.84 Å². The molecule has 1 saturated heterocycles. The fourth-order valence-corrected chi connectivity index (χ4v) is 4.47. The molecule has 0 saturated carbocycles. The normalized spacial score (nSPS) is 45.7. The number of aliphatic hydroxyl groups excluding tert-OH is 1. The molecule has 0 spiro atoms. The van der Waals surface area contributed by atoms with Crippen LogP contribution in [0.5, 0.6) is 0 Å². The van der Waals surface area contributed by atoms with E-state index in [-0.39, 0.29) is 10.6 Å². The van der Waals surface area contributed by atoms with Crippen LogP contribution in [0.2, 0.25) is 0 Å². The SMILES string of the molecule is O=S1(=O)CC(O)C(Br)C1Br. The molecule has 0 aromatic heterocycles. The van der Waals surface area contributed by atoms with Crippen molar-refractivity contribution in [3.63, 3.8) is 0 Å². The molecule has 1 rings (SSSR count). The van der Waals surface area contributed by atoms with Crippen molar-refractivity contribution in [3.05, 3.63) is 0 Å². The number of hydrogen-bond donors (Lipinski definition) is 1. The van der Waals surface area contributed by atoms with E-state index in [1.54, 1.807) is 0 Å². The number of aliphatic hydroxyl groups is 1. The Balaban J connectivity index is 2.93. The lowest BCUT2D eigenvalue weighted by Crippen LogP contribution is -2.19. The van der Waals surface area contributed by atoms with Crippen molar-refractivity contribution in [3.8, 4) is 0 Å². The highest BCUT2D eigenvalue weighted by molar-refractivity contribution is 9.13. The zero-order valence-electron chi connectivity index (χ0n) is 4.87. The minimum Gasteiger partial charge on any atom is -0.391 e. The molecule has 1 heterocycles. The van der Waals surface area contributed by atoms with E-state index >= 15 is 0 Å². The zero-order valence-corrected chi connectivity index (χ0v) is 8.86. The van der Waals surface area contributed by atoms with E-state index in [1.165, 1.54) is 0 Å². The summed E-state index contributed by atoms with van der Waals surface area (Å²) in [7, 11) is -3.10. The van der Waals surface area contributed by atoms with Gasteiger partial charge in [-0.3, -0.25) is 0 Å². The largest absolute Gasteiger partial charge is 0.391 e. The lowest BCUT2D eigenvalue weighted by atomic mass is 10.3. The van der Waals surface area contributed by atoms with Crippen molar-refractivity contribution in [1.29, 1.82) is 0 Å². The molecule has 60 valence electrons. The molecule has 10 heavy (non-hydrogen) atoms. The van der Waals surface area contributed by atoms with E-state index in [2.05, 4.69) is 31.9 Å². The van der Waals surface area contributed by atoms with Gasteiger partial charge in [-0.15, -0.1) is 0 Å². The van der Waals surface area contributed by atoms with Gasteiger partial charge in [0.05, 0.1) is 16.7 Å². The summed E-state index contributed by atoms with van der Waals surface area (Å²) in [4.78, 5) is -0.377. The van der Waals surface area contributed by atoms with Crippen molar-refractivity contribution in [2.45, 2.75) is 15.1 Å². The van der Waals surface area contributed by atoms with Gasteiger partial charge < -0.3 is 5.11 Å². The van der Waals surface area contributed by atoms with Crippen LogP contribution >= 0.6 is 31.9 Å². The second-order valence-electron chi connectivity index (χ2n) is 2.19. The Bertz CT molecular complexity index is 225. The second-order valence-corrected chi connectivity index (χ2v) is 7.01. The molecule has 3 unspecified atom stereocenters. The van der Waals surface area contributed by atoms with E-state index in [1.807, 2.05) is 0 Å². The first-order valence-electron chi connectivity index (χ1n) is 2.63. The van der Waals surface area contributed by atoms with Crippen molar-refractivity contribution in [1.82, 2.24) is 0 Å². The maximum atomic E-state index is 10.9. The predicted octanol–water partition coefficient (Wildman–Crippen LogP) is 0.260. The Labute approximate surface area is 76.0 Å². The summed E-state index contributed by atoms with van der Waals surface area (Å²) in [6.45, 7) is 0. The van der Waals surface area contributed by atoms with Crippen LogP contribution < -0.4 is 0 Å². The summed E-state index contributed by atoms with van der Waals surface area (Å²) in [6.07, 6.45) is -0.783. The first kappa shape index (κ1) is 8.96. The van der Waals surface area contributed by atoms with Gasteiger partial charge in [-0.25, -0.2) is 8.42 Å². The number of halogens is 2. The average Bonchev–Trinajstić information content (AvgIpc) is 1.95. The van der Waals surface area contributed by atoms with Crippen LogP contribution in [0.15, 0.2) is 0 Å². The molecule has 0 radical (unpaired) electrons. The van der Waals surface area contributed by atoms with Gasteiger partial charge in [-0.05, 0) is 0 Å². The van der Waals surface area contributed by atoms with Crippen molar-refractivity contribution in [2.24, 2.45) is 0 Å². The van der Waals surface area contributed by atoms with Crippen LogP contribution in [0.4, 0.5) is 0 Å². The van der Waals surface area contributed by atoms with Crippen molar-refractivity contribution >= 4 is 41.7 Å². The van der Waals surface area contributed by atoms with Crippen LogP contribution in [0, 0.1) is 0 Å². The van der Waals surface area contributed by atoms with E-state index in [0.29, 0.717) is 0 Å². The fraction of sp³-hybridized carbons (Fsp3) is 1.00. The molecule has 0 aromatic carbocycles. The third-order valence-electron chi connectivity index (χ3n) is 1.36. The highest BCUT2D eigenvalue weighted by atomic mass is 79.9. The second kappa shape index (κ2) is 2.73. The molecule has 3 atom stereocenters. The first-order chi connectivity index (χ1) is 4.45. The summed E-state index contributed by atoms with van der Waals surface area (Å²) in [6, 6.07) is 0. The Morgan fingerprint density at radius 2 is 1.90 bits per heavy atom. The average molecular weight is 294 g/mol. The Kier molecular flexibility index (Phi) is 2.45. The topological polar surface area (TPSA) is 54.4 Å². The monoisotopic (exact) mass is 292 g/mol. The lowest BCUT2D eigenvalue weighted by molar-refractivity contribution is 0.208. The molecule has 1 N–H and O–H groups in total. The summed E-state index contributed by atoms with van der Waals surface area (Å²) in [5, 5.41) is 9.05. The lowest BCUT2D eigenvalue weighted by Gasteiger charge is -2.05. The molecule has 1 aliphatic rings. The Morgan fingerprint density at radius 1 is 1.40 bits per heavy atom. The van der Waals surface area contributed by atoms with E-state index in [9.17, 15) is 8.42 Å². The summed E-state index contributed by atoms with van der Waals surface area (Å²) >= 11 is 6.04. The minimum absolute atomic E-state index is 0.154. The highest BCUT2D eigenvalue weighted by Crippen LogP contribution is 2.31. The third kappa shape index (κ3) is 1.39. The van der Waals surface area contributed by atoms with Gasteiger partial charge in [0.25, 0.3) is 0 Å². The molecular formula is C4H6Br2O3S. The van der Waals surface area contributed by atoms with E-state index in [4.69, 9.17) is 5.11 Å². The molecule has 0 aliphatic carbocycles. The van der Waals surface area contributed by atoms with E-state index in [0.717, 1.165) is 0 Å². The molecule has 0 amide bonds. The number of hydrogen-bond acceptors (Lipinski definition) is 3. The van der Waals surface area contributed by atoms with E-state index < -0.39 is 20.1 Å². The number of rotatable bonds is 0. The zero-order chi connectivity index (χ0) is 7.94. The molecule has 3 nitrogen and oxygen atoms in total. The predicted molar refractivity (Wildman–Crippen MR) is 45.2 cm³/mol. The fourth-order valence-electron chi connectivity index (χ4n) is 0.795. The first-order valence-corrected chi connectivity index (χ1v) is 6.17. The van der Waals surface area contributed by atoms with Crippen LogP contribution in [0.25, 0.3) is 0 Å². The molecule has 0 bridgehead atoms. The third-order valence-corrected chi connectivity index (χ3v) is 7.63. The van der Waals surface area contributed by atoms with Gasteiger partial charge in [-0.1, -0.05) is 31.9 Å². The number of alkyl halides is 2. The van der Waals surface area contributed by atoms with Crippen molar-refractivity contribution < 1.29 is 13.5 Å². The molecule has 0 aromatic rings. The minimum atomic E-state index is -3.10. The molecule has 1 aliphatic heterocycles. The standard InChI is InChI=1S/C4H6Br2O3S/c5-3-2(7)1-10(8,9)4(3)6/h2-4,7H,1H2. The maximum absolute atomic E-state index is 10.9. The quantitative estimate of drug-likeness (QED) is 0.652. The van der Waals surface area contributed by atoms with Crippen LogP contribution in [0.3, 0.4) is 0 Å². The van der Waals surface area contributed by atoms with Gasteiger partial charge in [0, 0.05) is 0 Å². The van der Waals surface area contributed by atoms with Crippen molar-refractivity contribution in [2.75, 3.05) is 5.75 Å². The van der Waals surface area contributed by atoms with Crippen LogP contribution in [-0.4, -0.2) is 34.4 Å². The molecular weight excluding hydrogens is 288 g/mol. The van der Waals surface area contributed by atoms with Crippen LogP contribution in [0.1, 0.15) is 0 Å². The maximum Gasteiger partial charge on any atom is 0.166 e. The molecule has 6 heteroatoms. The Hall–Kier alpha value is 0.870. The highest BCUT2D eigenvalue weighted by Gasteiger charge is 2.43. The number of sulfone groups is 1. The van der Waals surface area contributed by atoms with Gasteiger partial charge in [0.2, 0.25) is 0 Å². The van der Waals surface area contributed by atoms with Gasteiger partial charge >= 0.3 is 0 Å². The summed E-state index contributed by atoms with van der Waals surface area (Å²) < 4.78 is 21.2. The summed E-state index contributed by atoms with van der Waals surface area (Å²) in [5.74, 6) is -0.154. The smallest absolute Gasteiger partial charge is 0.166 e. The van der Waals surface area contributed by atoms with Gasteiger partial charge in [-0.2, -0.15) is 0 Å². The van der Waals surface area contributed by atoms with Gasteiger partial charge in [0.15, 0.2) is 9.84 Å². The Morgan fingerprint density at radius 3 is 2.00 bits per heavy atom. The van der Waals surface area contributed by atoms with Gasteiger partial charge in [0.1, 0.15) is 4.16 Å². The summed E-state index contributed by atoms with van der Waals surface area (Å²) in [5.41, 5.74) is 0. The molecule has 1 fully saturated rings.